The molecule has 0 aliphatic heterocycles. The summed E-state index contributed by atoms with van der Waals surface area (Å²) in [7, 11) is -8.18. The van der Waals surface area contributed by atoms with Crippen LogP contribution in [0.2, 0.25) is 0 Å². The molecule has 92 valence electrons. The van der Waals surface area contributed by atoms with Gasteiger partial charge in [0.2, 0.25) is 0 Å². The molecule has 9 heteroatoms. The van der Waals surface area contributed by atoms with Crippen molar-refractivity contribution in [2.24, 2.45) is 0 Å². The summed E-state index contributed by atoms with van der Waals surface area (Å²) in [6, 6.07) is 7.31. The van der Waals surface area contributed by atoms with Gasteiger partial charge in [0.15, 0.2) is 0 Å². The summed E-state index contributed by atoms with van der Waals surface area (Å²) in [6.45, 7) is -0.615. The molecule has 0 unspecified atom stereocenters. The molecule has 0 radical (unpaired) electrons. The predicted octanol–water partition coefficient (Wildman–Crippen LogP) is -0.369. The monoisotopic (exact) mass is 290 g/mol. The Hall–Kier alpha value is 0.0400. The summed E-state index contributed by atoms with van der Waals surface area (Å²) < 4.78 is 56.3. The van der Waals surface area contributed by atoms with Crippen molar-refractivity contribution in [3.8, 4) is 0 Å². The van der Waals surface area contributed by atoms with Crippen LogP contribution in [0.4, 0.5) is 0 Å². The van der Waals surface area contributed by atoms with Gasteiger partial charge in [-0.1, -0.05) is 18.2 Å². The molecule has 1 rings (SSSR count). The third-order valence-electron chi connectivity index (χ3n) is 1.61. The first-order chi connectivity index (χ1) is 7.31. The second kappa shape index (κ2) is 6.83. The third-order valence-corrected chi connectivity index (χ3v) is 3.62. The second-order valence-corrected chi connectivity index (χ2v) is 6.06. The van der Waals surface area contributed by atoms with Crippen molar-refractivity contribution in [3.05, 3.63) is 30.3 Å². The molecule has 1 aromatic carbocycles. The topological polar surface area (TPSA) is 97.7 Å². The van der Waals surface area contributed by atoms with Crippen molar-refractivity contribution in [1.29, 1.82) is 0 Å². The fourth-order valence-electron chi connectivity index (χ4n) is 0.904. The summed E-state index contributed by atoms with van der Waals surface area (Å²) in [5.41, 5.74) is 0. The van der Waals surface area contributed by atoms with Crippen LogP contribution >= 0.6 is 0 Å². The molecule has 0 atom stereocenters. The van der Waals surface area contributed by atoms with E-state index in [1.54, 1.807) is 6.07 Å². The van der Waals surface area contributed by atoms with E-state index >= 15 is 0 Å². The van der Waals surface area contributed by atoms with Crippen LogP contribution in [-0.2, 0) is 24.4 Å². The van der Waals surface area contributed by atoms with Gasteiger partial charge in [0.05, 0.1) is 11.5 Å². The fraction of sp³-hybridized carbons (Fsp3) is 0.250. The molecule has 0 heterocycles. The Morgan fingerprint density at radius 3 is 2.06 bits per heavy atom. The van der Waals surface area contributed by atoms with Crippen LogP contribution < -0.4 is 0 Å². The predicted molar refractivity (Wildman–Crippen MR) is 63.1 cm³/mol. The minimum atomic E-state index is -4.22. The normalized spacial score (nSPS) is 11.8. The third kappa shape index (κ3) is 6.51. The standard InChI is InChI=1S/C8H10O6S2.Na.H/c9-15(10,11)7-6-14-16(12,13)8-4-2-1-3-5-8;;/h1-5H,6-7H2,(H,9,10,11);;. The van der Waals surface area contributed by atoms with Crippen molar-refractivity contribution in [2.75, 3.05) is 12.4 Å². The Morgan fingerprint density at radius 2 is 1.59 bits per heavy atom. The van der Waals surface area contributed by atoms with Gasteiger partial charge in [0.1, 0.15) is 5.75 Å². The molecule has 17 heavy (non-hydrogen) atoms. The number of benzene rings is 1. The van der Waals surface area contributed by atoms with Crippen LogP contribution in [0.1, 0.15) is 0 Å². The Balaban J connectivity index is 0.00000256. The summed E-state index contributed by atoms with van der Waals surface area (Å²) in [6.07, 6.45) is 0. The average molecular weight is 290 g/mol. The quantitative estimate of drug-likeness (QED) is 0.451. The average Bonchev–Trinajstić information content (AvgIpc) is 2.17. The number of hydrogen-bond donors (Lipinski definition) is 1. The molecule has 1 N–H and O–H groups in total. The molecule has 0 amide bonds. The van der Waals surface area contributed by atoms with Crippen LogP contribution in [-0.4, -0.2) is 63.3 Å². The van der Waals surface area contributed by atoms with Crippen molar-refractivity contribution in [1.82, 2.24) is 0 Å². The van der Waals surface area contributed by atoms with Gasteiger partial charge in [0, 0.05) is 0 Å². The van der Waals surface area contributed by atoms with Crippen LogP contribution in [0.25, 0.3) is 0 Å². The van der Waals surface area contributed by atoms with Gasteiger partial charge in [-0.2, -0.15) is 16.8 Å². The first-order valence-corrected chi connectivity index (χ1v) is 7.23. The van der Waals surface area contributed by atoms with Gasteiger partial charge in [-0.25, -0.2) is 0 Å². The van der Waals surface area contributed by atoms with Crippen molar-refractivity contribution in [3.63, 3.8) is 0 Å². The summed E-state index contributed by atoms with van der Waals surface area (Å²) >= 11 is 0. The fourth-order valence-corrected chi connectivity index (χ4v) is 2.23. The molecular formula is C8H11NaO6S2. The zero-order valence-electron chi connectivity index (χ0n) is 8.11. The van der Waals surface area contributed by atoms with E-state index in [2.05, 4.69) is 4.18 Å². The minimum absolute atomic E-state index is 0. The van der Waals surface area contributed by atoms with Crippen molar-refractivity contribution < 1.29 is 25.6 Å². The van der Waals surface area contributed by atoms with E-state index in [4.69, 9.17) is 4.55 Å². The van der Waals surface area contributed by atoms with Gasteiger partial charge in [-0.3, -0.25) is 8.74 Å². The van der Waals surface area contributed by atoms with Gasteiger partial charge < -0.3 is 0 Å². The zero-order valence-corrected chi connectivity index (χ0v) is 9.74. The molecule has 0 saturated carbocycles. The van der Waals surface area contributed by atoms with E-state index in [0.717, 1.165) is 0 Å². The van der Waals surface area contributed by atoms with E-state index in [0.29, 0.717) is 0 Å². The molecule has 0 aliphatic carbocycles. The van der Waals surface area contributed by atoms with Crippen LogP contribution in [0.5, 0.6) is 0 Å². The van der Waals surface area contributed by atoms with Gasteiger partial charge in [0.25, 0.3) is 20.2 Å². The molecule has 0 fully saturated rings. The van der Waals surface area contributed by atoms with Gasteiger partial charge in [-0.15, -0.1) is 0 Å². The first-order valence-electron chi connectivity index (χ1n) is 4.21. The molecule has 0 aromatic heterocycles. The number of rotatable bonds is 5. The summed E-state index contributed by atoms with van der Waals surface area (Å²) in [5.74, 6) is -0.765. The van der Waals surface area contributed by atoms with E-state index < -0.39 is 32.6 Å². The van der Waals surface area contributed by atoms with E-state index in [1.807, 2.05) is 0 Å². The van der Waals surface area contributed by atoms with Crippen molar-refractivity contribution >= 4 is 49.8 Å². The molecule has 0 bridgehead atoms. The molecule has 0 saturated heterocycles. The zero-order chi connectivity index (χ0) is 12.2. The second-order valence-electron chi connectivity index (χ2n) is 2.88. The Labute approximate surface area is 122 Å². The summed E-state index contributed by atoms with van der Waals surface area (Å²) in [5, 5.41) is 0. The van der Waals surface area contributed by atoms with Crippen LogP contribution in [0.15, 0.2) is 35.2 Å². The maximum atomic E-state index is 11.4. The Kier molecular flexibility index (Phi) is 6.85. The molecule has 0 spiro atoms. The van der Waals surface area contributed by atoms with Crippen LogP contribution in [0.3, 0.4) is 0 Å². The first kappa shape index (κ1) is 17.0. The van der Waals surface area contributed by atoms with E-state index in [-0.39, 0.29) is 34.5 Å². The van der Waals surface area contributed by atoms with Gasteiger partial charge >= 0.3 is 29.6 Å². The summed E-state index contributed by atoms with van der Waals surface area (Å²) in [4.78, 5) is -0.0645. The molecule has 6 nitrogen and oxygen atoms in total. The molecule has 1 aromatic rings. The van der Waals surface area contributed by atoms with Gasteiger partial charge in [-0.05, 0) is 12.1 Å². The Morgan fingerprint density at radius 1 is 1.06 bits per heavy atom. The van der Waals surface area contributed by atoms with Crippen molar-refractivity contribution in [2.45, 2.75) is 4.90 Å². The maximum absolute atomic E-state index is 11.4. The molecular weight excluding hydrogens is 279 g/mol. The van der Waals surface area contributed by atoms with E-state index in [1.165, 1.54) is 24.3 Å². The molecule has 0 aliphatic rings. The Bertz CT molecular complexity index is 537. The van der Waals surface area contributed by atoms with Crippen LogP contribution in [0, 0.1) is 0 Å². The number of hydrogen-bond acceptors (Lipinski definition) is 5. The van der Waals surface area contributed by atoms with E-state index in [9.17, 15) is 16.8 Å². The SMILES string of the molecule is O=S(=O)(O)CCOS(=O)(=O)c1ccccc1.[NaH].